The zero-order valence-corrected chi connectivity index (χ0v) is 18.6. The highest BCUT2D eigenvalue weighted by molar-refractivity contribution is 6.46. The molecule has 0 aliphatic heterocycles. The Hall–Kier alpha value is -4.49. The van der Waals surface area contributed by atoms with E-state index in [1.807, 2.05) is 36.4 Å². The number of carbonyl (C=O) groups excluding carboxylic acids is 1. The van der Waals surface area contributed by atoms with Gasteiger partial charge in [0.05, 0.1) is 0 Å². The molecule has 0 saturated heterocycles. The van der Waals surface area contributed by atoms with Gasteiger partial charge in [-0.2, -0.15) is 0 Å². The molecule has 12 rings (SSSR count). The molecule has 4 aromatic carbocycles. The number of ketones is 1. The fourth-order valence-electron chi connectivity index (χ4n) is 4.38. The van der Waals surface area contributed by atoms with Gasteiger partial charge in [-0.25, -0.2) is 0 Å². The van der Waals surface area contributed by atoms with Crippen molar-refractivity contribution in [3.63, 3.8) is 0 Å². The second-order valence-corrected chi connectivity index (χ2v) is 8.69. The molecule has 4 aromatic rings. The van der Waals surface area contributed by atoms with Crippen molar-refractivity contribution in [3.05, 3.63) is 142 Å². The van der Waals surface area contributed by atoms with Gasteiger partial charge in [-0.3, -0.25) is 4.79 Å². The molecule has 0 fully saturated rings. The number of carbonyl (C=O) groups is 1. The van der Waals surface area contributed by atoms with Crippen molar-refractivity contribution in [3.8, 4) is 0 Å². The van der Waals surface area contributed by atoms with Crippen molar-refractivity contribution in [2.24, 2.45) is 0 Å². The minimum absolute atomic E-state index is 0.00820. The second-order valence-electron chi connectivity index (χ2n) is 8.69. The average molecular weight is 435 g/mol. The van der Waals surface area contributed by atoms with Crippen LogP contribution in [0.15, 0.2) is 97.1 Å². The maximum Gasteiger partial charge on any atom is 0.194 e. The zero-order chi connectivity index (χ0) is 22.9. The predicted octanol–water partition coefficient (Wildman–Crippen LogP) is 8.00. The third kappa shape index (κ3) is 4.00. The Labute approximate surface area is 199 Å². The molecule has 0 spiro atoms. The van der Waals surface area contributed by atoms with E-state index < -0.39 is 0 Å². The van der Waals surface area contributed by atoms with Crippen LogP contribution >= 0.6 is 0 Å². The molecule has 0 N–H and O–H groups in total. The van der Waals surface area contributed by atoms with E-state index in [1.165, 1.54) is 0 Å². The largest absolute Gasteiger partial charge is 0.289 e. The number of allylic oxidation sites excluding steroid dienone is 2. The molecule has 8 aliphatic carbocycles. The number of benzene rings is 4. The van der Waals surface area contributed by atoms with Crippen molar-refractivity contribution in [1.82, 2.24) is 0 Å². The maximum atomic E-state index is 14.2. The van der Waals surface area contributed by atoms with Crippen molar-refractivity contribution in [2.45, 2.75) is 0 Å². The van der Waals surface area contributed by atoms with Gasteiger partial charge in [0.2, 0.25) is 0 Å². The summed E-state index contributed by atoms with van der Waals surface area (Å²) in [4.78, 5) is 14.2. The summed E-state index contributed by atoms with van der Waals surface area (Å²) in [5, 5.41) is 0. The van der Waals surface area contributed by atoms with Crippen molar-refractivity contribution < 1.29 is 4.79 Å². The monoisotopic (exact) mass is 434 g/mol. The van der Waals surface area contributed by atoms with Crippen molar-refractivity contribution in [1.29, 1.82) is 0 Å². The lowest BCUT2D eigenvalue weighted by atomic mass is 9.88. The normalized spacial score (nSPS) is 18.5. The number of Topliss-reactive ketones (excluding diaryl/α,β-unsaturated/α-hetero) is 1. The molecule has 0 amide bonds. The summed E-state index contributed by atoms with van der Waals surface area (Å²) in [5.74, 6) is 0.00820. The highest BCUT2D eigenvalue weighted by atomic mass is 16.1. The van der Waals surface area contributed by atoms with E-state index in [9.17, 15) is 4.79 Å². The number of rotatable bonds is 2. The summed E-state index contributed by atoms with van der Waals surface area (Å²) in [6.45, 7) is 0. The maximum absolute atomic E-state index is 14.2. The fourth-order valence-corrected chi connectivity index (χ4v) is 4.38. The first-order valence-corrected chi connectivity index (χ1v) is 11.5. The van der Waals surface area contributed by atoms with E-state index in [2.05, 4.69) is 97.1 Å². The van der Waals surface area contributed by atoms with Crippen LogP contribution < -0.4 is 0 Å². The molecule has 0 unspecified atom stereocenters. The molecule has 1 nitrogen and oxygen atoms in total. The van der Waals surface area contributed by atoms with Gasteiger partial charge < -0.3 is 0 Å². The Morgan fingerprint density at radius 1 is 0.353 bits per heavy atom. The van der Waals surface area contributed by atoms with E-state index in [4.69, 9.17) is 0 Å². The Kier molecular flexibility index (Phi) is 5.01. The lowest BCUT2D eigenvalue weighted by Gasteiger charge is -2.14. The molecule has 0 aromatic heterocycles. The van der Waals surface area contributed by atoms with Gasteiger partial charge in [0.15, 0.2) is 5.78 Å². The molecular weight excluding hydrogens is 412 g/mol. The van der Waals surface area contributed by atoms with E-state index in [0.717, 1.165) is 44.5 Å². The van der Waals surface area contributed by atoms with Crippen LogP contribution in [0.1, 0.15) is 44.5 Å². The van der Waals surface area contributed by atoms with Crippen LogP contribution in [0.4, 0.5) is 0 Å². The summed E-state index contributed by atoms with van der Waals surface area (Å²) >= 11 is 0. The molecule has 8 aliphatic rings. The van der Waals surface area contributed by atoms with Gasteiger partial charge in [-0.1, -0.05) is 121 Å². The molecule has 34 heavy (non-hydrogen) atoms. The van der Waals surface area contributed by atoms with Crippen LogP contribution in [0.25, 0.3) is 47.6 Å². The lowest BCUT2D eigenvalue weighted by molar-refractivity contribution is -0.108. The quantitative estimate of drug-likeness (QED) is 0.312. The van der Waals surface area contributed by atoms with Crippen LogP contribution in [-0.4, -0.2) is 5.78 Å². The van der Waals surface area contributed by atoms with Crippen LogP contribution in [-0.2, 0) is 4.79 Å². The molecule has 0 radical (unpaired) electrons. The molecule has 160 valence electrons. The Bertz CT molecular complexity index is 1370. The molecule has 1 heteroatoms. The first-order valence-electron chi connectivity index (χ1n) is 11.5. The molecular formula is C33H22O. The van der Waals surface area contributed by atoms with Gasteiger partial charge in [0.1, 0.15) is 0 Å². The summed E-state index contributed by atoms with van der Waals surface area (Å²) < 4.78 is 0. The Morgan fingerprint density at radius 3 is 0.941 bits per heavy atom. The molecule has 8 bridgehead atoms. The molecule has 0 heterocycles. The smallest absolute Gasteiger partial charge is 0.194 e. The minimum Gasteiger partial charge on any atom is -0.289 e. The van der Waals surface area contributed by atoms with Crippen molar-refractivity contribution >= 4 is 53.4 Å². The highest BCUT2D eigenvalue weighted by Crippen LogP contribution is 2.31. The van der Waals surface area contributed by atoms with E-state index in [0.29, 0.717) is 11.1 Å². The van der Waals surface area contributed by atoms with Crippen LogP contribution in [0.5, 0.6) is 0 Å². The van der Waals surface area contributed by atoms with E-state index in [1.54, 1.807) is 0 Å². The lowest BCUT2D eigenvalue weighted by Crippen LogP contribution is -2.06. The van der Waals surface area contributed by atoms with Gasteiger partial charge in [-0.15, -0.1) is 0 Å². The van der Waals surface area contributed by atoms with E-state index >= 15 is 0 Å². The van der Waals surface area contributed by atoms with E-state index in [-0.39, 0.29) is 5.78 Å². The van der Waals surface area contributed by atoms with Gasteiger partial charge in [-0.05, 0) is 56.7 Å². The highest BCUT2D eigenvalue weighted by Gasteiger charge is 2.19. The predicted molar refractivity (Wildman–Crippen MR) is 144 cm³/mol. The van der Waals surface area contributed by atoms with Gasteiger partial charge in [0, 0.05) is 11.1 Å². The van der Waals surface area contributed by atoms with Crippen LogP contribution in [0, 0.1) is 0 Å². The third-order valence-corrected chi connectivity index (χ3v) is 6.36. The fraction of sp³-hybridized carbons (Fsp3) is 0. The number of hydrogen-bond acceptors (Lipinski definition) is 1. The van der Waals surface area contributed by atoms with Crippen molar-refractivity contribution in [2.75, 3.05) is 0 Å². The summed E-state index contributed by atoms with van der Waals surface area (Å²) in [6.07, 6.45) is 12.4. The molecule has 0 saturated carbocycles. The first kappa shape index (κ1) is 20.1. The summed E-state index contributed by atoms with van der Waals surface area (Å²) in [5.41, 5.74) is 9.67. The number of hydrogen-bond donors (Lipinski definition) is 0. The zero-order valence-electron chi connectivity index (χ0n) is 18.6. The molecule has 0 atom stereocenters. The van der Waals surface area contributed by atoms with Gasteiger partial charge in [0.25, 0.3) is 0 Å². The SMILES string of the molecule is O=C(/C1=C/c2ccc(cc2)/C=C\c2ccc1cc2)/C1=C/c2ccc(cc2)/C=C\c2ccc1cc2. The minimum atomic E-state index is 0.00820. The standard InChI is InChI=1S/C33H22O/c34-33(31-21-27-9-5-23(6-10-27)1-3-25-13-17-29(31)18-14-25)32-22-28-11-7-24(8-12-28)2-4-26-15-19-30(32)20-16-26/h1-22H/b3-1-,4-2-,23-1?,24-2?,25-3?,26-4?,27-21?,28-22?,31-21+,31-29?,32-22+,32-30?. The van der Waals surface area contributed by atoms with Gasteiger partial charge >= 0.3 is 0 Å². The first-order chi connectivity index (χ1) is 16.7. The Morgan fingerprint density at radius 2 is 0.618 bits per heavy atom. The summed E-state index contributed by atoms with van der Waals surface area (Å²) in [6, 6.07) is 33.0. The second kappa shape index (κ2) is 8.46. The average Bonchev–Trinajstić information content (AvgIpc) is 2.87. The third-order valence-electron chi connectivity index (χ3n) is 6.36. The van der Waals surface area contributed by atoms with Crippen LogP contribution in [0.3, 0.4) is 0 Å². The Balaban J connectivity index is 1.54. The summed E-state index contributed by atoms with van der Waals surface area (Å²) in [7, 11) is 0. The topological polar surface area (TPSA) is 17.1 Å². The van der Waals surface area contributed by atoms with Crippen LogP contribution in [0.2, 0.25) is 0 Å².